The number of fused-ring (bicyclic) bond motifs is 5. The van der Waals surface area contributed by atoms with E-state index in [1.54, 1.807) is 24.3 Å². The van der Waals surface area contributed by atoms with Crippen LogP contribution >= 0.6 is 0 Å². The van der Waals surface area contributed by atoms with E-state index in [1.807, 2.05) is 36.4 Å². The van der Waals surface area contributed by atoms with Crippen LogP contribution in [0.25, 0.3) is 0 Å². The second-order valence-corrected chi connectivity index (χ2v) is 10.1. The topological polar surface area (TPSA) is 72.9 Å². The SMILES string of the molecule is O=C1N(Cc2ncccc2C(F)(F)F)c2cccc(NCc3ccccc3)c2C12COc1cc3c(cc12)OCCO3. The van der Waals surface area contributed by atoms with Crippen molar-refractivity contribution in [3.8, 4) is 17.2 Å². The van der Waals surface area contributed by atoms with Crippen molar-refractivity contribution in [1.82, 2.24) is 4.98 Å². The fourth-order valence-corrected chi connectivity index (χ4v) is 5.90. The van der Waals surface area contributed by atoms with Gasteiger partial charge in [0.2, 0.25) is 5.91 Å². The van der Waals surface area contributed by atoms with Crippen molar-refractivity contribution in [3.63, 3.8) is 0 Å². The van der Waals surface area contributed by atoms with E-state index < -0.39 is 23.1 Å². The first-order valence-corrected chi connectivity index (χ1v) is 13.2. The molecule has 1 N–H and O–H groups in total. The van der Waals surface area contributed by atoms with Crippen LogP contribution in [0.5, 0.6) is 17.2 Å². The Kier molecular flexibility index (Phi) is 5.81. The van der Waals surface area contributed by atoms with E-state index in [0.29, 0.717) is 59.5 Å². The Morgan fingerprint density at radius 2 is 1.68 bits per heavy atom. The van der Waals surface area contributed by atoms with Crippen molar-refractivity contribution < 1.29 is 32.2 Å². The zero-order valence-corrected chi connectivity index (χ0v) is 21.7. The lowest BCUT2D eigenvalue weighted by Gasteiger charge is -2.26. The van der Waals surface area contributed by atoms with Crippen molar-refractivity contribution in [2.24, 2.45) is 0 Å². The number of anilines is 2. The Morgan fingerprint density at radius 3 is 2.46 bits per heavy atom. The number of rotatable bonds is 5. The van der Waals surface area contributed by atoms with Crippen molar-refractivity contribution in [2.45, 2.75) is 24.7 Å². The lowest BCUT2D eigenvalue weighted by atomic mass is 9.76. The Labute approximate surface area is 233 Å². The Bertz CT molecular complexity index is 1660. The van der Waals surface area contributed by atoms with Gasteiger partial charge >= 0.3 is 6.18 Å². The molecule has 41 heavy (non-hydrogen) atoms. The summed E-state index contributed by atoms with van der Waals surface area (Å²) in [4.78, 5) is 20.0. The van der Waals surface area contributed by atoms with Crippen LogP contribution in [-0.2, 0) is 29.5 Å². The summed E-state index contributed by atoms with van der Waals surface area (Å²) in [6, 6.07) is 20.9. The smallest absolute Gasteiger partial charge is 0.418 e. The van der Waals surface area contributed by atoms with E-state index in [-0.39, 0.29) is 18.8 Å². The molecule has 7 nitrogen and oxygen atoms in total. The van der Waals surface area contributed by atoms with E-state index in [0.717, 1.165) is 11.6 Å². The Hall–Kier alpha value is -4.73. The molecule has 0 aliphatic carbocycles. The summed E-state index contributed by atoms with van der Waals surface area (Å²) in [5.74, 6) is 1.09. The van der Waals surface area contributed by atoms with E-state index in [4.69, 9.17) is 14.2 Å². The van der Waals surface area contributed by atoms with Crippen LogP contribution in [0, 0.1) is 0 Å². The molecule has 4 aromatic rings. The van der Waals surface area contributed by atoms with Crippen molar-refractivity contribution in [1.29, 1.82) is 0 Å². The molecule has 0 bridgehead atoms. The molecule has 4 heterocycles. The number of benzene rings is 3. The minimum absolute atomic E-state index is 0.0219. The van der Waals surface area contributed by atoms with E-state index in [1.165, 1.54) is 17.2 Å². The number of alkyl halides is 3. The number of pyridine rings is 1. The summed E-state index contributed by atoms with van der Waals surface area (Å²) in [5, 5.41) is 3.46. The Morgan fingerprint density at radius 1 is 0.902 bits per heavy atom. The second kappa shape index (κ2) is 9.43. The van der Waals surface area contributed by atoms with Gasteiger partial charge in [0.25, 0.3) is 0 Å². The summed E-state index contributed by atoms with van der Waals surface area (Å²) in [6.45, 7) is 0.859. The quantitative estimate of drug-likeness (QED) is 0.338. The minimum Gasteiger partial charge on any atom is -0.491 e. The molecule has 0 saturated carbocycles. The molecule has 7 rings (SSSR count). The normalized spacial score (nSPS) is 18.7. The number of hydrogen-bond acceptors (Lipinski definition) is 6. The van der Waals surface area contributed by atoms with Gasteiger partial charge in [0.05, 0.1) is 23.5 Å². The third-order valence-electron chi connectivity index (χ3n) is 7.75. The zero-order valence-electron chi connectivity index (χ0n) is 21.7. The molecule has 0 fully saturated rings. The third kappa shape index (κ3) is 4.04. The molecule has 10 heteroatoms. The molecule has 208 valence electrons. The van der Waals surface area contributed by atoms with Gasteiger partial charge in [-0.15, -0.1) is 0 Å². The van der Waals surface area contributed by atoms with Crippen LogP contribution in [0.3, 0.4) is 0 Å². The van der Waals surface area contributed by atoms with Gasteiger partial charge in [-0.2, -0.15) is 13.2 Å². The van der Waals surface area contributed by atoms with Gasteiger partial charge in [-0.25, -0.2) is 0 Å². The molecule has 0 saturated heterocycles. The number of halogens is 3. The lowest BCUT2D eigenvalue weighted by Crippen LogP contribution is -2.42. The van der Waals surface area contributed by atoms with Gasteiger partial charge in [-0.05, 0) is 35.9 Å². The number of hydrogen-bond donors (Lipinski definition) is 1. The monoisotopic (exact) mass is 559 g/mol. The second-order valence-electron chi connectivity index (χ2n) is 10.1. The molecular weight excluding hydrogens is 535 g/mol. The van der Waals surface area contributed by atoms with Crippen LogP contribution in [0.2, 0.25) is 0 Å². The molecule has 1 amide bonds. The number of aromatic nitrogens is 1. The molecule has 3 aliphatic rings. The maximum Gasteiger partial charge on any atom is 0.418 e. The predicted molar refractivity (Wildman–Crippen MR) is 144 cm³/mol. The minimum atomic E-state index is -4.62. The molecule has 1 atom stereocenters. The third-order valence-corrected chi connectivity index (χ3v) is 7.75. The number of nitrogens with one attached hydrogen (secondary N) is 1. The number of carbonyl (C=O) groups is 1. The van der Waals surface area contributed by atoms with Gasteiger partial charge < -0.3 is 24.4 Å². The number of carbonyl (C=O) groups excluding carboxylic acids is 1. The standard InChI is InChI=1S/C31H24F3N3O4/c32-31(33,34)20-8-5-11-35-23(20)17-37-24-10-4-9-22(36-16-19-6-2-1-3-7-19)28(24)30(29(37)38)18-41-25-15-27-26(14-21(25)30)39-12-13-40-27/h1-11,14-15,36H,12-13,16-18H2. The first-order chi connectivity index (χ1) is 19.9. The fourth-order valence-electron chi connectivity index (χ4n) is 5.90. The van der Waals surface area contributed by atoms with Crippen LogP contribution in [-0.4, -0.2) is 30.7 Å². The number of nitrogens with zero attached hydrogens (tertiary/aromatic N) is 2. The summed E-state index contributed by atoms with van der Waals surface area (Å²) in [5.41, 5.74) is 1.02. The molecule has 3 aliphatic heterocycles. The average molecular weight is 560 g/mol. The summed E-state index contributed by atoms with van der Waals surface area (Å²) < 4.78 is 59.4. The van der Waals surface area contributed by atoms with Gasteiger partial charge in [0.15, 0.2) is 11.5 Å². The highest BCUT2D eigenvalue weighted by Crippen LogP contribution is 2.57. The van der Waals surface area contributed by atoms with Gasteiger partial charge in [-0.3, -0.25) is 9.78 Å². The lowest BCUT2D eigenvalue weighted by molar-refractivity contribution is -0.138. The largest absolute Gasteiger partial charge is 0.491 e. The predicted octanol–water partition coefficient (Wildman–Crippen LogP) is 5.71. The van der Waals surface area contributed by atoms with Crippen molar-refractivity contribution in [2.75, 3.05) is 30.0 Å². The fraction of sp³-hybridized carbons (Fsp3) is 0.226. The summed E-state index contributed by atoms with van der Waals surface area (Å²) in [6.07, 6.45) is -3.32. The van der Waals surface area contributed by atoms with Crippen LogP contribution < -0.4 is 24.4 Å². The van der Waals surface area contributed by atoms with E-state index >= 15 is 0 Å². The van der Waals surface area contributed by atoms with Crippen LogP contribution in [0.1, 0.15) is 27.9 Å². The van der Waals surface area contributed by atoms with Crippen molar-refractivity contribution in [3.05, 3.63) is 107 Å². The van der Waals surface area contributed by atoms with Gasteiger partial charge in [0, 0.05) is 35.6 Å². The highest BCUT2D eigenvalue weighted by Gasteiger charge is 2.58. The summed E-state index contributed by atoms with van der Waals surface area (Å²) in [7, 11) is 0. The summed E-state index contributed by atoms with van der Waals surface area (Å²) >= 11 is 0. The van der Waals surface area contributed by atoms with Gasteiger partial charge in [-0.1, -0.05) is 36.4 Å². The number of amides is 1. The molecule has 0 radical (unpaired) electrons. The van der Waals surface area contributed by atoms with Gasteiger partial charge in [0.1, 0.15) is 31.0 Å². The first-order valence-electron chi connectivity index (χ1n) is 13.2. The maximum atomic E-state index is 14.5. The highest BCUT2D eigenvalue weighted by atomic mass is 19.4. The maximum absolute atomic E-state index is 14.5. The van der Waals surface area contributed by atoms with E-state index in [2.05, 4.69) is 10.3 Å². The molecule has 1 unspecified atom stereocenters. The number of ether oxygens (including phenoxy) is 3. The zero-order chi connectivity index (χ0) is 28.2. The van der Waals surface area contributed by atoms with Crippen molar-refractivity contribution >= 4 is 17.3 Å². The highest BCUT2D eigenvalue weighted by molar-refractivity contribution is 6.13. The average Bonchev–Trinajstić information content (AvgIpc) is 3.47. The Balaban J connectivity index is 1.38. The molecular formula is C31H24F3N3O4. The molecule has 1 spiro atoms. The molecule has 3 aromatic carbocycles. The molecule has 1 aromatic heterocycles. The van der Waals surface area contributed by atoms with Crippen LogP contribution in [0.15, 0.2) is 79.0 Å². The van der Waals surface area contributed by atoms with Crippen LogP contribution in [0.4, 0.5) is 24.5 Å². The first kappa shape index (κ1) is 25.3. The van der Waals surface area contributed by atoms with E-state index in [9.17, 15) is 18.0 Å².